The first-order valence-electron chi connectivity index (χ1n) is 7.81. The van der Waals surface area contributed by atoms with Crippen LogP contribution in [0.3, 0.4) is 0 Å². The van der Waals surface area contributed by atoms with E-state index in [9.17, 15) is 0 Å². The topological polar surface area (TPSA) is 26.2 Å². The van der Waals surface area contributed by atoms with E-state index in [2.05, 4.69) is 54.9 Å². The number of benzene rings is 1. The number of nitrogens with one attached hydrogen (secondary N) is 1. The third-order valence-corrected chi connectivity index (χ3v) is 4.49. The van der Waals surface area contributed by atoms with E-state index in [1.54, 1.807) is 0 Å². The van der Waals surface area contributed by atoms with E-state index in [0.29, 0.717) is 6.04 Å². The van der Waals surface area contributed by atoms with Crippen LogP contribution in [0.2, 0.25) is 0 Å². The molecule has 1 atom stereocenters. The van der Waals surface area contributed by atoms with Gasteiger partial charge in [0.15, 0.2) is 0 Å². The van der Waals surface area contributed by atoms with Crippen molar-refractivity contribution in [3.8, 4) is 5.75 Å². The first kappa shape index (κ1) is 14.2. The summed E-state index contributed by atoms with van der Waals surface area (Å²) in [6, 6.07) is 11.0. The molecule has 112 valence electrons. The van der Waals surface area contributed by atoms with Gasteiger partial charge in [0.05, 0.1) is 6.61 Å². The fourth-order valence-corrected chi connectivity index (χ4v) is 3.33. The molecule has 1 aliphatic rings. The van der Waals surface area contributed by atoms with E-state index >= 15 is 0 Å². The Morgan fingerprint density at radius 3 is 2.86 bits per heavy atom. The standard InChI is InChI=1S/C18H24N2O/c1-4-20-13(2)11-15(14(20)3)12-19-17-9-10-21-18-8-6-5-7-16(17)18/h5-8,11,17,19H,4,9-10,12H2,1-3H3. The van der Waals surface area contributed by atoms with Crippen LogP contribution in [0.4, 0.5) is 0 Å². The fraction of sp³-hybridized carbons (Fsp3) is 0.444. The van der Waals surface area contributed by atoms with Gasteiger partial charge in [0, 0.05) is 42.5 Å². The first-order chi connectivity index (χ1) is 10.2. The van der Waals surface area contributed by atoms with Crippen LogP contribution in [0.25, 0.3) is 0 Å². The third kappa shape index (κ3) is 2.70. The Balaban J connectivity index is 1.74. The highest BCUT2D eigenvalue weighted by Crippen LogP contribution is 2.31. The van der Waals surface area contributed by atoms with Crippen molar-refractivity contribution >= 4 is 0 Å². The Morgan fingerprint density at radius 1 is 1.29 bits per heavy atom. The number of nitrogens with zero attached hydrogens (tertiary/aromatic N) is 1. The molecule has 1 aromatic heterocycles. The van der Waals surface area contributed by atoms with Crippen LogP contribution in [0.15, 0.2) is 30.3 Å². The van der Waals surface area contributed by atoms with E-state index in [1.165, 1.54) is 22.5 Å². The number of rotatable bonds is 4. The molecule has 1 aliphatic heterocycles. The largest absolute Gasteiger partial charge is 0.493 e. The van der Waals surface area contributed by atoms with Crippen molar-refractivity contribution in [3.05, 3.63) is 52.8 Å². The van der Waals surface area contributed by atoms with Crippen LogP contribution >= 0.6 is 0 Å². The maximum absolute atomic E-state index is 5.73. The van der Waals surface area contributed by atoms with Gasteiger partial charge in [0.25, 0.3) is 0 Å². The molecule has 21 heavy (non-hydrogen) atoms. The van der Waals surface area contributed by atoms with Crippen molar-refractivity contribution in [2.75, 3.05) is 6.61 Å². The minimum absolute atomic E-state index is 0.389. The Hall–Kier alpha value is -1.74. The zero-order valence-corrected chi connectivity index (χ0v) is 13.1. The second-order valence-electron chi connectivity index (χ2n) is 5.75. The van der Waals surface area contributed by atoms with E-state index in [4.69, 9.17) is 4.74 Å². The molecule has 2 aromatic rings. The number of hydrogen-bond acceptors (Lipinski definition) is 2. The van der Waals surface area contributed by atoms with E-state index < -0.39 is 0 Å². The van der Waals surface area contributed by atoms with Crippen LogP contribution < -0.4 is 10.1 Å². The number of para-hydroxylation sites is 1. The third-order valence-electron chi connectivity index (χ3n) is 4.49. The molecule has 1 aromatic carbocycles. The molecule has 2 heterocycles. The van der Waals surface area contributed by atoms with Crippen molar-refractivity contribution in [2.24, 2.45) is 0 Å². The summed E-state index contributed by atoms with van der Waals surface area (Å²) in [5, 5.41) is 3.71. The number of ether oxygens (including phenoxy) is 1. The molecule has 0 amide bonds. The molecular weight excluding hydrogens is 260 g/mol. The molecule has 1 N–H and O–H groups in total. The lowest BCUT2D eigenvalue weighted by Crippen LogP contribution is -2.26. The van der Waals surface area contributed by atoms with Crippen LogP contribution in [-0.2, 0) is 13.1 Å². The highest BCUT2D eigenvalue weighted by Gasteiger charge is 2.20. The molecule has 0 bridgehead atoms. The molecule has 3 nitrogen and oxygen atoms in total. The minimum Gasteiger partial charge on any atom is -0.493 e. The average Bonchev–Trinajstić information content (AvgIpc) is 2.78. The van der Waals surface area contributed by atoms with Crippen molar-refractivity contribution in [3.63, 3.8) is 0 Å². The molecule has 3 rings (SSSR count). The number of aryl methyl sites for hydroxylation is 1. The van der Waals surface area contributed by atoms with Gasteiger partial charge in [-0.05, 0) is 38.5 Å². The maximum Gasteiger partial charge on any atom is 0.124 e. The number of fused-ring (bicyclic) bond motifs is 1. The normalized spacial score (nSPS) is 17.4. The van der Waals surface area contributed by atoms with Crippen LogP contribution in [0.1, 0.15) is 41.9 Å². The van der Waals surface area contributed by atoms with Crippen molar-refractivity contribution in [1.29, 1.82) is 0 Å². The van der Waals surface area contributed by atoms with Crippen LogP contribution in [-0.4, -0.2) is 11.2 Å². The van der Waals surface area contributed by atoms with Gasteiger partial charge in [-0.1, -0.05) is 18.2 Å². The Bertz CT molecular complexity index is 630. The second-order valence-corrected chi connectivity index (χ2v) is 5.75. The van der Waals surface area contributed by atoms with Gasteiger partial charge in [-0.15, -0.1) is 0 Å². The summed E-state index contributed by atoms with van der Waals surface area (Å²) < 4.78 is 8.10. The maximum atomic E-state index is 5.73. The zero-order chi connectivity index (χ0) is 14.8. The van der Waals surface area contributed by atoms with E-state index in [0.717, 1.165) is 31.9 Å². The Kier molecular flexibility index (Phi) is 4.02. The van der Waals surface area contributed by atoms with Crippen molar-refractivity contribution in [2.45, 2.75) is 46.3 Å². The SMILES string of the molecule is CCn1c(C)cc(CNC2CCOc3ccccc32)c1C. The average molecular weight is 284 g/mol. The summed E-state index contributed by atoms with van der Waals surface area (Å²) in [7, 11) is 0. The molecule has 1 unspecified atom stereocenters. The van der Waals surface area contributed by atoms with Crippen LogP contribution in [0.5, 0.6) is 5.75 Å². The Labute approximate surface area is 126 Å². The first-order valence-corrected chi connectivity index (χ1v) is 7.81. The Morgan fingerprint density at radius 2 is 2.10 bits per heavy atom. The van der Waals surface area contributed by atoms with Crippen molar-refractivity contribution in [1.82, 2.24) is 9.88 Å². The summed E-state index contributed by atoms with van der Waals surface area (Å²) in [5.41, 5.74) is 5.41. The highest BCUT2D eigenvalue weighted by atomic mass is 16.5. The predicted molar refractivity (Wildman–Crippen MR) is 85.7 cm³/mol. The predicted octanol–water partition coefficient (Wildman–Crippen LogP) is 3.74. The number of hydrogen-bond donors (Lipinski definition) is 1. The van der Waals surface area contributed by atoms with Gasteiger partial charge in [0.1, 0.15) is 5.75 Å². The summed E-state index contributed by atoms with van der Waals surface area (Å²) in [4.78, 5) is 0. The molecule has 0 saturated heterocycles. The lowest BCUT2D eigenvalue weighted by atomic mass is 10.0. The molecule has 0 saturated carbocycles. The molecule has 0 spiro atoms. The quantitative estimate of drug-likeness (QED) is 0.925. The smallest absolute Gasteiger partial charge is 0.124 e. The summed E-state index contributed by atoms with van der Waals surface area (Å²) in [6.45, 7) is 9.35. The monoisotopic (exact) mass is 284 g/mol. The van der Waals surface area contributed by atoms with Gasteiger partial charge >= 0.3 is 0 Å². The van der Waals surface area contributed by atoms with Crippen LogP contribution in [0, 0.1) is 13.8 Å². The van der Waals surface area contributed by atoms with Gasteiger partial charge in [-0.2, -0.15) is 0 Å². The van der Waals surface area contributed by atoms with Crippen molar-refractivity contribution < 1.29 is 4.74 Å². The van der Waals surface area contributed by atoms with Gasteiger partial charge in [0.2, 0.25) is 0 Å². The lowest BCUT2D eigenvalue weighted by molar-refractivity contribution is 0.252. The van der Waals surface area contributed by atoms with E-state index in [-0.39, 0.29) is 0 Å². The lowest BCUT2D eigenvalue weighted by Gasteiger charge is -2.26. The molecule has 0 aliphatic carbocycles. The molecule has 3 heteroatoms. The fourth-order valence-electron chi connectivity index (χ4n) is 3.33. The second kappa shape index (κ2) is 5.94. The highest BCUT2D eigenvalue weighted by molar-refractivity contribution is 5.37. The zero-order valence-electron chi connectivity index (χ0n) is 13.1. The van der Waals surface area contributed by atoms with Gasteiger partial charge < -0.3 is 14.6 Å². The van der Waals surface area contributed by atoms with Gasteiger partial charge in [-0.3, -0.25) is 0 Å². The molecular formula is C18H24N2O. The van der Waals surface area contributed by atoms with Gasteiger partial charge in [-0.25, -0.2) is 0 Å². The molecule has 0 radical (unpaired) electrons. The number of aromatic nitrogens is 1. The summed E-state index contributed by atoms with van der Waals surface area (Å²) in [5.74, 6) is 1.03. The van der Waals surface area contributed by atoms with E-state index in [1.807, 2.05) is 6.07 Å². The minimum atomic E-state index is 0.389. The molecule has 0 fully saturated rings. The summed E-state index contributed by atoms with van der Waals surface area (Å²) in [6.07, 6.45) is 1.03. The summed E-state index contributed by atoms with van der Waals surface area (Å²) >= 11 is 0.